The van der Waals surface area contributed by atoms with E-state index in [0.29, 0.717) is 18.4 Å². The van der Waals surface area contributed by atoms with Gasteiger partial charge in [0.15, 0.2) is 0 Å². The quantitative estimate of drug-likeness (QED) is 0.872. The highest BCUT2D eigenvalue weighted by Gasteiger charge is 2.16. The van der Waals surface area contributed by atoms with Gasteiger partial charge in [0, 0.05) is 31.8 Å². The molecular formula is C12H14BrN3O2. The first kappa shape index (κ1) is 11.9. The van der Waals surface area contributed by atoms with Crippen LogP contribution in [0.15, 0.2) is 23.2 Å². The highest BCUT2D eigenvalue weighted by atomic mass is 79.9. The van der Waals surface area contributed by atoms with Crippen molar-refractivity contribution >= 4 is 21.6 Å². The monoisotopic (exact) mass is 311 g/mol. The molecule has 0 amide bonds. The van der Waals surface area contributed by atoms with E-state index in [4.69, 9.17) is 9.47 Å². The van der Waals surface area contributed by atoms with Gasteiger partial charge in [-0.25, -0.2) is 9.97 Å². The second-order valence-corrected chi connectivity index (χ2v) is 5.21. The topological polar surface area (TPSA) is 48.7 Å². The van der Waals surface area contributed by atoms with Crippen molar-refractivity contribution in [2.75, 3.05) is 19.8 Å². The molecule has 0 aliphatic carbocycles. The summed E-state index contributed by atoms with van der Waals surface area (Å²) in [6.07, 6.45) is 7.59. The molecule has 5 nitrogen and oxygen atoms in total. The number of halogens is 1. The minimum Gasteiger partial charge on any atom is -0.475 e. The van der Waals surface area contributed by atoms with Crippen LogP contribution < -0.4 is 4.74 Å². The number of hydrogen-bond acceptors (Lipinski definition) is 4. The summed E-state index contributed by atoms with van der Waals surface area (Å²) in [5, 5.41) is 0. The van der Waals surface area contributed by atoms with Crippen molar-refractivity contribution in [2.45, 2.75) is 12.8 Å². The van der Waals surface area contributed by atoms with Crippen LogP contribution in [0.5, 0.6) is 5.88 Å². The second-order valence-electron chi connectivity index (χ2n) is 4.39. The molecule has 3 heterocycles. The number of imidazole rings is 1. The van der Waals surface area contributed by atoms with Crippen LogP contribution in [0, 0.1) is 5.92 Å². The van der Waals surface area contributed by atoms with Crippen LogP contribution in [-0.4, -0.2) is 34.2 Å². The van der Waals surface area contributed by atoms with Crippen LogP contribution in [0.1, 0.15) is 12.8 Å². The fourth-order valence-corrected chi connectivity index (χ4v) is 2.46. The van der Waals surface area contributed by atoms with Gasteiger partial charge < -0.3 is 9.47 Å². The van der Waals surface area contributed by atoms with Gasteiger partial charge in [-0.3, -0.25) is 4.40 Å². The van der Waals surface area contributed by atoms with E-state index in [1.807, 2.05) is 16.8 Å². The maximum atomic E-state index is 5.82. The van der Waals surface area contributed by atoms with Crippen LogP contribution in [-0.2, 0) is 4.74 Å². The van der Waals surface area contributed by atoms with Crippen LogP contribution >= 0.6 is 15.9 Å². The van der Waals surface area contributed by atoms with Gasteiger partial charge in [-0.1, -0.05) is 0 Å². The minimum absolute atomic E-state index is 0.551. The molecule has 2 aromatic heterocycles. The molecule has 0 atom stereocenters. The maximum absolute atomic E-state index is 5.82. The molecule has 1 fully saturated rings. The lowest BCUT2D eigenvalue weighted by Gasteiger charge is -2.21. The molecule has 0 unspecified atom stereocenters. The SMILES string of the molecule is Brc1cn2ccnc2c(OCC2CCOCC2)n1. The molecule has 3 rings (SSSR count). The molecule has 0 saturated carbocycles. The van der Waals surface area contributed by atoms with Crippen LogP contribution in [0.4, 0.5) is 0 Å². The zero-order chi connectivity index (χ0) is 12.4. The number of fused-ring (bicyclic) bond motifs is 1. The predicted molar refractivity (Wildman–Crippen MR) is 69.7 cm³/mol. The number of nitrogens with zero attached hydrogens (tertiary/aromatic N) is 3. The van der Waals surface area contributed by atoms with Crippen molar-refractivity contribution in [1.82, 2.24) is 14.4 Å². The summed E-state index contributed by atoms with van der Waals surface area (Å²) in [7, 11) is 0. The van der Waals surface area contributed by atoms with E-state index in [1.165, 1.54) is 0 Å². The van der Waals surface area contributed by atoms with Crippen molar-refractivity contribution in [2.24, 2.45) is 5.92 Å². The number of aromatic nitrogens is 3. The lowest BCUT2D eigenvalue weighted by Crippen LogP contribution is -2.21. The zero-order valence-corrected chi connectivity index (χ0v) is 11.5. The van der Waals surface area contributed by atoms with Gasteiger partial charge in [0.1, 0.15) is 4.60 Å². The molecule has 0 aromatic carbocycles. The molecule has 0 radical (unpaired) electrons. The van der Waals surface area contributed by atoms with Crippen molar-refractivity contribution in [1.29, 1.82) is 0 Å². The Bertz CT molecular complexity index is 537. The lowest BCUT2D eigenvalue weighted by atomic mass is 10.0. The van der Waals surface area contributed by atoms with Crippen molar-refractivity contribution in [3.63, 3.8) is 0 Å². The Labute approximate surface area is 113 Å². The molecule has 18 heavy (non-hydrogen) atoms. The molecule has 1 saturated heterocycles. The first-order chi connectivity index (χ1) is 8.83. The molecule has 0 N–H and O–H groups in total. The largest absolute Gasteiger partial charge is 0.475 e. The summed E-state index contributed by atoms with van der Waals surface area (Å²) in [5.41, 5.74) is 0.755. The zero-order valence-electron chi connectivity index (χ0n) is 9.88. The minimum atomic E-state index is 0.551. The smallest absolute Gasteiger partial charge is 0.259 e. The van der Waals surface area contributed by atoms with E-state index in [0.717, 1.165) is 36.3 Å². The Morgan fingerprint density at radius 2 is 2.28 bits per heavy atom. The Balaban J connectivity index is 1.75. The number of ether oxygens (including phenoxy) is 2. The maximum Gasteiger partial charge on any atom is 0.259 e. The normalized spacial score (nSPS) is 17.2. The molecule has 1 aliphatic heterocycles. The fraction of sp³-hybridized carbons (Fsp3) is 0.500. The van der Waals surface area contributed by atoms with E-state index in [9.17, 15) is 0 Å². The average molecular weight is 312 g/mol. The van der Waals surface area contributed by atoms with Gasteiger partial charge in [0.05, 0.1) is 6.61 Å². The Hall–Kier alpha value is -1.14. The summed E-state index contributed by atoms with van der Waals surface area (Å²) in [6, 6.07) is 0. The van der Waals surface area contributed by atoms with E-state index in [-0.39, 0.29) is 0 Å². The summed E-state index contributed by atoms with van der Waals surface area (Å²) in [4.78, 5) is 8.59. The number of rotatable bonds is 3. The summed E-state index contributed by atoms with van der Waals surface area (Å²) >= 11 is 3.37. The van der Waals surface area contributed by atoms with Crippen LogP contribution in [0.25, 0.3) is 5.65 Å². The summed E-state index contributed by atoms with van der Waals surface area (Å²) < 4.78 is 13.8. The average Bonchev–Trinajstić information content (AvgIpc) is 2.85. The molecule has 6 heteroatoms. The molecule has 1 aliphatic rings. The van der Waals surface area contributed by atoms with Gasteiger partial charge in [-0.2, -0.15) is 0 Å². The third-order valence-electron chi connectivity index (χ3n) is 3.11. The second kappa shape index (κ2) is 5.24. The lowest BCUT2D eigenvalue weighted by molar-refractivity contribution is 0.0492. The highest BCUT2D eigenvalue weighted by molar-refractivity contribution is 9.10. The Kier molecular flexibility index (Phi) is 3.47. The van der Waals surface area contributed by atoms with E-state index >= 15 is 0 Å². The predicted octanol–water partition coefficient (Wildman–Crippen LogP) is 2.30. The Morgan fingerprint density at radius 3 is 3.11 bits per heavy atom. The van der Waals surface area contributed by atoms with Crippen molar-refractivity contribution in [3.05, 3.63) is 23.2 Å². The van der Waals surface area contributed by atoms with Gasteiger partial charge in [-0.15, -0.1) is 0 Å². The number of hydrogen-bond donors (Lipinski definition) is 0. The standard InChI is InChI=1S/C12H14BrN3O2/c13-10-7-16-4-3-14-11(16)12(15-10)18-8-9-1-5-17-6-2-9/h3-4,7,9H,1-2,5-6,8H2. The van der Waals surface area contributed by atoms with Crippen LogP contribution in [0.3, 0.4) is 0 Å². The molecule has 96 valence electrons. The van der Waals surface area contributed by atoms with Gasteiger partial charge in [0.2, 0.25) is 5.65 Å². The highest BCUT2D eigenvalue weighted by Crippen LogP contribution is 2.21. The summed E-state index contributed by atoms with van der Waals surface area (Å²) in [5.74, 6) is 1.13. The molecular weight excluding hydrogens is 298 g/mol. The molecule has 0 bridgehead atoms. The third-order valence-corrected chi connectivity index (χ3v) is 3.49. The van der Waals surface area contributed by atoms with Crippen LogP contribution in [0.2, 0.25) is 0 Å². The first-order valence-corrected chi connectivity index (χ1v) is 6.82. The third kappa shape index (κ3) is 2.49. The van der Waals surface area contributed by atoms with Crippen molar-refractivity contribution < 1.29 is 9.47 Å². The van der Waals surface area contributed by atoms with E-state index in [2.05, 4.69) is 25.9 Å². The van der Waals surface area contributed by atoms with E-state index < -0.39 is 0 Å². The van der Waals surface area contributed by atoms with Crippen molar-refractivity contribution in [3.8, 4) is 5.88 Å². The Morgan fingerprint density at radius 1 is 1.44 bits per heavy atom. The van der Waals surface area contributed by atoms with E-state index in [1.54, 1.807) is 6.20 Å². The fourth-order valence-electron chi connectivity index (χ4n) is 2.08. The summed E-state index contributed by atoms with van der Waals surface area (Å²) in [6.45, 7) is 2.34. The van der Waals surface area contributed by atoms with Gasteiger partial charge in [-0.05, 0) is 34.7 Å². The molecule has 2 aromatic rings. The van der Waals surface area contributed by atoms with Gasteiger partial charge >= 0.3 is 0 Å². The first-order valence-electron chi connectivity index (χ1n) is 6.02. The van der Waals surface area contributed by atoms with Gasteiger partial charge in [0.25, 0.3) is 5.88 Å². The molecule has 0 spiro atoms.